The molecule has 1 aliphatic rings. The molecule has 3 atom stereocenters. The molecule has 1 aromatic rings. The smallest absolute Gasteiger partial charge is 0.119 e. The zero-order chi connectivity index (χ0) is 15.2. The third-order valence-corrected chi connectivity index (χ3v) is 4.05. The first-order valence-corrected chi connectivity index (χ1v) is 7.58. The number of benzene rings is 1. The molecule has 2 rings (SSSR count). The average molecular weight is 294 g/mol. The van der Waals surface area contributed by atoms with Crippen molar-refractivity contribution in [3.05, 3.63) is 29.8 Å². The van der Waals surface area contributed by atoms with E-state index >= 15 is 0 Å². The van der Waals surface area contributed by atoms with Crippen molar-refractivity contribution in [1.29, 1.82) is 0 Å². The third kappa shape index (κ3) is 4.97. The number of aliphatic hydroxyl groups is 2. The van der Waals surface area contributed by atoms with Crippen LogP contribution in [0.15, 0.2) is 24.3 Å². The minimum absolute atomic E-state index is 0.246. The second-order valence-corrected chi connectivity index (χ2v) is 5.91. The molecule has 0 bridgehead atoms. The molecule has 0 aliphatic carbocycles. The van der Waals surface area contributed by atoms with Gasteiger partial charge in [0.05, 0.1) is 6.10 Å². The molecule has 0 aromatic heterocycles. The van der Waals surface area contributed by atoms with E-state index in [1.54, 1.807) is 0 Å². The van der Waals surface area contributed by atoms with E-state index in [9.17, 15) is 10.2 Å². The number of likely N-dealkylation sites (tertiary alicyclic amines) is 1. The second kappa shape index (κ2) is 7.75. The van der Waals surface area contributed by atoms with Crippen LogP contribution in [0.1, 0.15) is 18.9 Å². The minimum atomic E-state index is -0.563. The van der Waals surface area contributed by atoms with Crippen LogP contribution in [-0.4, -0.2) is 53.6 Å². The van der Waals surface area contributed by atoms with Crippen molar-refractivity contribution in [2.75, 3.05) is 26.2 Å². The lowest BCUT2D eigenvalue weighted by Gasteiger charge is -2.35. The van der Waals surface area contributed by atoms with Crippen LogP contribution in [0.2, 0.25) is 0 Å². The Morgan fingerprint density at radius 3 is 3.00 bits per heavy atom. The van der Waals surface area contributed by atoms with Gasteiger partial charge in [-0.05, 0) is 36.6 Å². The molecule has 1 fully saturated rings. The van der Waals surface area contributed by atoms with E-state index in [2.05, 4.69) is 11.8 Å². The molecule has 4 N–H and O–H groups in total. The summed E-state index contributed by atoms with van der Waals surface area (Å²) in [5.74, 6) is 1.07. The molecule has 1 aliphatic heterocycles. The maximum absolute atomic E-state index is 10.1. The van der Waals surface area contributed by atoms with Crippen LogP contribution in [0.3, 0.4) is 0 Å². The van der Waals surface area contributed by atoms with Crippen LogP contribution in [0.5, 0.6) is 5.75 Å². The van der Waals surface area contributed by atoms with Crippen molar-refractivity contribution >= 4 is 0 Å². The summed E-state index contributed by atoms with van der Waals surface area (Å²) in [6.45, 7) is 4.85. The van der Waals surface area contributed by atoms with Crippen molar-refractivity contribution < 1.29 is 14.9 Å². The van der Waals surface area contributed by atoms with Gasteiger partial charge in [0.15, 0.2) is 0 Å². The highest BCUT2D eigenvalue weighted by Crippen LogP contribution is 2.17. The average Bonchev–Trinajstić information content (AvgIpc) is 2.49. The maximum atomic E-state index is 10.1. The standard InChI is InChI=1S/C16H26N2O3/c1-12-5-6-18(10-16(12)20)9-14(19)11-21-15-4-2-3-13(7-15)8-17/h2-4,7,12,14,16,19-20H,5-6,8-11,17H2,1H3. The highest BCUT2D eigenvalue weighted by molar-refractivity contribution is 5.28. The van der Waals surface area contributed by atoms with Gasteiger partial charge in [0.25, 0.3) is 0 Å². The predicted octanol–water partition coefficient (Wildman–Crippen LogP) is 0.588. The molecular formula is C16H26N2O3. The predicted molar refractivity (Wildman–Crippen MR) is 82.1 cm³/mol. The van der Waals surface area contributed by atoms with E-state index in [0.29, 0.717) is 25.6 Å². The number of hydrogen-bond donors (Lipinski definition) is 3. The number of β-amino-alcohol motifs (C(OH)–C–C–N with tert-alkyl or cyclic N) is 2. The third-order valence-electron chi connectivity index (χ3n) is 4.05. The van der Waals surface area contributed by atoms with Crippen molar-refractivity contribution in [3.8, 4) is 5.75 Å². The van der Waals surface area contributed by atoms with Crippen molar-refractivity contribution in [2.45, 2.75) is 32.1 Å². The lowest BCUT2D eigenvalue weighted by atomic mass is 9.96. The first kappa shape index (κ1) is 16.2. The summed E-state index contributed by atoms with van der Waals surface area (Å²) in [6, 6.07) is 7.59. The molecule has 3 unspecified atom stereocenters. The summed E-state index contributed by atoms with van der Waals surface area (Å²) in [5.41, 5.74) is 6.60. The Hall–Kier alpha value is -1.14. The molecular weight excluding hydrogens is 268 g/mol. The summed E-state index contributed by atoms with van der Waals surface area (Å²) in [6.07, 6.45) is 0.105. The monoisotopic (exact) mass is 294 g/mol. The van der Waals surface area contributed by atoms with E-state index < -0.39 is 6.10 Å². The van der Waals surface area contributed by atoms with Crippen LogP contribution in [-0.2, 0) is 6.54 Å². The Balaban J connectivity index is 1.75. The number of hydrogen-bond acceptors (Lipinski definition) is 5. The SMILES string of the molecule is CC1CCN(CC(O)COc2cccc(CN)c2)CC1O. The van der Waals surface area contributed by atoms with E-state index in [1.165, 1.54) is 0 Å². The number of ether oxygens (including phenoxy) is 1. The fraction of sp³-hybridized carbons (Fsp3) is 0.625. The summed E-state index contributed by atoms with van der Waals surface area (Å²) in [4.78, 5) is 2.09. The van der Waals surface area contributed by atoms with Crippen LogP contribution in [0.4, 0.5) is 0 Å². The van der Waals surface area contributed by atoms with Crippen LogP contribution >= 0.6 is 0 Å². The second-order valence-electron chi connectivity index (χ2n) is 5.91. The van der Waals surface area contributed by atoms with Gasteiger partial charge in [-0.15, -0.1) is 0 Å². The lowest BCUT2D eigenvalue weighted by Crippen LogP contribution is -2.46. The molecule has 5 heteroatoms. The van der Waals surface area contributed by atoms with Gasteiger partial charge in [0.1, 0.15) is 18.5 Å². The largest absolute Gasteiger partial charge is 0.491 e. The van der Waals surface area contributed by atoms with Gasteiger partial charge in [-0.1, -0.05) is 19.1 Å². The fourth-order valence-electron chi connectivity index (χ4n) is 2.59. The zero-order valence-electron chi connectivity index (χ0n) is 12.6. The molecule has 0 saturated carbocycles. The fourth-order valence-corrected chi connectivity index (χ4v) is 2.59. The normalized spacial score (nSPS) is 24.8. The van der Waals surface area contributed by atoms with Gasteiger partial charge >= 0.3 is 0 Å². The molecule has 0 radical (unpaired) electrons. The highest BCUT2D eigenvalue weighted by Gasteiger charge is 2.25. The number of aliphatic hydroxyl groups excluding tert-OH is 2. The first-order chi connectivity index (χ1) is 10.1. The summed E-state index contributed by atoms with van der Waals surface area (Å²) < 4.78 is 5.61. The van der Waals surface area contributed by atoms with Gasteiger partial charge in [-0.25, -0.2) is 0 Å². The number of piperidine rings is 1. The van der Waals surface area contributed by atoms with Gasteiger partial charge in [-0.2, -0.15) is 0 Å². The van der Waals surface area contributed by atoms with Gasteiger partial charge < -0.3 is 20.7 Å². The molecule has 0 spiro atoms. The maximum Gasteiger partial charge on any atom is 0.119 e. The minimum Gasteiger partial charge on any atom is -0.491 e. The Labute approximate surface area is 126 Å². The molecule has 0 amide bonds. The van der Waals surface area contributed by atoms with Crippen LogP contribution in [0.25, 0.3) is 0 Å². The highest BCUT2D eigenvalue weighted by atomic mass is 16.5. The van der Waals surface area contributed by atoms with E-state index in [4.69, 9.17) is 10.5 Å². The zero-order valence-corrected chi connectivity index (χ0v) is 12.6. The summed E-state index contributed by atoms with van der Waals surface area (Å²) >= 11 is 0. The van der Waals surface area contributed by atoms with Gasteiger partial charge in [0.2, 0.25) is 0 Å². The first-order valence-electron chi connectivity index (χ1n) is 7.58. The molecule has 5 nitrogen and oxygen atoms in total. The number of nitrogens with two attached hydrogens (primary N) is 1. The van der Waals surface area contributed by atoms with Crippen molar-refractivity contribution in [3.63, 3.8) is 0 Å². The number of rotatable bonds is 6. The van der Waals surface area contributed by atoms with Crippen molar-refractivity contribution in [2.24, 2.45) is 11.7 Å². The van der Waals surface area contributed by atoms with Gasteiger partial charge in [0, 0.05) is 19.6 Å². The Kier molecular flexibility index (Phi) is 5.99. The number of nitrogens with zero attached hydrogens (tertiary/aromatic N) is 1. The van der Waals surface area contributed by atoms with Crippen LogP contribution < -0.4 is 10.5 Å². The Morgan fingerprint density at radius 1 is 1.48 bits per heavy atom. The Bertz CT molecular complexity index is 441. The summed E-state index contributed by atoms with van der Waals surface area (Å²) in [5, 5.41) is 19.9. The molecule has 1 saturated heterocycles. The van der Waals surface area contributed by atoms with Gasteiger partial charge in [-0.3, -0.25) is 4.90 Å². The molecule has 1 aromatic carbocycles. The van der Waals surface area contributed by atoms with E-state index in [-0.39, 0.29) is 12.7 Å². The topological polar surface area (TPSA) is 79.0 Å². The summed E-state index contributed by atoms with van der Waals surface area (Å²) in [7, 11) is 0. The van der Waals surface area contributed by atoms with E-state index in [1.807, 2.05) is 24.3 Å². The van der Waals surface area contributed by atoms with Crippen molar-refractivity contribution in [1.82, 2.24) is 4.90 Å². The van der Waals surface area contributed by atoms with Crippen LogP contribution in [0, 0.1) is 5.92 Å². The molecule has 118 valence electrons. The Morgan fingerprint density at radius 2 is 2.29 bits per heavy atom. The lowest BCUT2D eigenvalue weighted by molar-refractivity contribution is 0.000136. The quantitative estimate of drug-likeness (QED) is 0.715. The molecule has 1 heterocycles. The molecule has 21 heavy (non-hydrogen) atoms. The van der Waals surface area contributed by atoms with E-state index in [0.717, 1.165) is 24.3 Å².